The van der Waals surface area contributed by atoms with Crippen molar-refractivity contribution in [3.8, 4) is 0 Å². The van der Waals surface area contributed by atoms with Gasteiger partial charge in [0.1, 0.15) is 9.84 Å². The summed E-state index contributed by atoms with van der Waals surface area (Å²) in [6, 6.07) is 7.78. The van der Waals surface area contributed by atoms with E-state index in [2.05, 4.69) is 20.9 Å². The van der Waals surface area contributed by atoms with Gasteiger partial charge >= 0.3 is 0 Å². The first-order valence-electron chi connectivity index (χ1n) is 5.60. The molecular weight excluding hydrogens is 314 g/mol. The highest BCUT2D eigenvalue weighted by Gasteiger charge is 2.16. The summed E-state index contributed by atoms with van der Waals surface area (Å²) in [6.45, 7) is 1.73. The van der Waals surface area contributed by atoms with Crippen molar-refractivity contribution >= 4 is 36.7 Å². The summed E-state index contributed by atoms with van der Waals surface area (Å²) in [5, 5.41) is 0.640. The maximum atomic E-state index is 11.5. The summed E-state index contributed by atoms with van der Waals surface area (Å²) < 4.78 is 23.8. The fourth-order valence-electron chi connectivity index (χ4n) is 1.81. The van der Waals surface area contributed by atoms with Crippen LogP contribution in [0.5, 0.6) is 0 Å². The minimum Gasteiger partial charge on any atom is -0.255 e. The average molecular weight is 328 g/mol. The summed E-state index contributed by atoms with van der Waals surface area (Å²) in [5.41, 5.74) is 1.90. The smallest absolute Gasteiger partial charge is 0.150 e. The second-order valence-corrected chi connectivity index (χ2v) is 7.82. The zero-order valence-corrected chi connectivity index (χ0v) is 12.6. The van der Waals surface area contributed by atoms with Gasteiger partial charge in [0.25, 0.3) is 0 Å². The van der Waals surface area contributed by atoms with Crippen LogP contribution < -0.4 is 0 Å². The molecule has 0 saturated carbocycles. The summed E-state index contributed by atoms with van der Waals surface area (Å²) in [6.07, 6.45) is 3.53. The highest BCUT2D eigenvalue weighted by atomic mass is 79.9. The van der Waals surface area contributed by atoms with Crippen molar-refractivity contribution in [1.29, 1.82) is 0 Å². The quantitative estimate of drug-likeness (QED) is 0.870. The third-order valence-corrected chi connectivity index (χ3v) is 5.21. The number of rotatable bonds is 3. The SMILES string of the molecule is CC(Cc1cc(Br)c2ncccc2c1)S(C)(=O)=O. The van der Waals surface area contributed by atoms with Crippen LogP contribution in [0.1, 0.15) is 12.5 Å². The van der Waals surface area contributed by atoms with Crippen molar-refractivity contribution in [1.82, 2.24) is 4.98 Å². The number of pyridine rings is 1. The summed E-state index contributed by atoms with van der Waals surface area (Å²) >= 11 is 3.48. The Morgan fingerprint density at radius 3 is 2.78 bits per heavy atom. The Morgan fingerprint density at radius 2 is 2.11 bits per heavy atom. The molecule has 3 nitrogen and oxygen atoms in total. The van der Waals surface area contributed by atoms with Crippen LogP contribution >= 0.6 is 15.9 Å². The van der Waals surface area contributed by atoms with Gasteiger partial charge in [-0.05, 0) is 53.0 Å². The largest absolute Gasteiger partial charge is 0.255 e. The molecule has 1 aromatic carbocycles. The van der Waals surface area contributed by atoms with Crippen LogP contribution in [0.15, 0.2) is 34.9 Å². The third kappa shape index (κ3) is 2.90. The molecule has 0 bridgehead atoms. The van der Waals surface area contributed by atoms with Crippen LogP contribution in [0, 0.1) is 0 Å². The van der Waals surface area contributed by atoms with Crippen molar-refractivity contribution in [3.05, 3.63) is 40.5 Å². The number of aromatic nitrogens is 1. The number of nitrogens with zero attached hydrogens (tertiary/aromatic N) is 1. The third-order valence-electron chi connectivity index (χ3n) is 2.97. The van der Waals surface area contributed by atoms with Crippen molar-refractivity contribution in [2.45, 2.75) is 18.6 Å². The molecule has 18 heavy (non-hydrogen) atoms. The lowest BCUT2D eigenvalue weighted by atomic mass is 10.1. The van der Waals surface area contributed by atoms with Crippen molar-refractivity contribution in [2.75, 3.05) is 6.26 Å². The Kier molecular flexibility index (Phi) is 3.73. The van der Waals surface area contributed by atoms with Gasteiger partial charge in [0.15, 0.2) is 0 Å². The number of halogens is 1. The van der Waals surface area contributed by atoms with Gasteiger partial charge in [0.2, 0.25) is 0 Å². The van der Waals surface area contributed by atoms with E-state index in [1.54, 1.807) is 13.1 Å². The minimum absolute atomic E-state index is 0.376. The molecule has 0 aliphatic heterocycles. The van der Waals surface area contributed by atoms with Crippen LogP contribution in [-0.2, 0) is 16.3 Å². The molecule has 0 aliphatic carbocycles. The molecule has 1 unspecified atom stereocenters. The minimum atomic E-state index is -3.00. The van der Waals surface area contributed by atoms with Crippen LogP contribution in [0.4, 0.5) is 0 Å². The number of benzene rings is 1. The highest BCUT2D eigenvalue weighted by molar-refractivity contribution is 9.10. The molecule has 1 heterocycles. The molecular formula is C13H14BrNO2S. The molecule has 0 amide bonds. The van der Waals surface area contributed by atoms with Gasteiger partial charge in [-0.1, -0.05) is 6.07 Å². The summed E-state index contributed by atoms with van der Waals surface area (Å²) in [4.78, 5) is 4.28. The molecule has 0 N–H and O–H groups in total. The second-order valence-electron chi connectivity index (χ2n) is 4.50. The first kappa shape index (κ1) is 13.5. The Balaban J connectivity index is 2.41. The van der Waals surface area contributed by atoms with E-state index in [1.807, 2.05) is 24.3 Å². The van der Waals surface area contributed by atoms with E-state index in [0.29, 0.717) is 6.42 Å². The Morgan fingerprint density at radius 1 is 1.39 bits per heavy atom. The van der Waals surface area contributed by atoms with Gasteiger partial charge in [-0.15, -0.1) is 0 Å². The van der Waals surface area contributed by atoms with Crippen molar-refractivity contribution in [2.24, 2.45) is 0 Å². The zero-order valence-electron chi connectivity index (χ0n) is 10.2. The fraction of sp³-hybridized carbons (Fsp3) is 0.308. The highest BCUT2D eigenvalue weighted by Crippen LogP contribution is 2.25. The van der Waals surface area contributed by atoms with E-state index in [1.165, 1.54) is 6.26 Å². The first-order valence-corrected chi connectivity index (χ1v) is 8.34. The predicted molar refractivity (Wildman–Crippen MR) is 77.5 cm³/mol. The molecule has 1 atom stereocenters. The van der Waals surface area contributed by atoms with Gasteiger partial charge < -0.3 is 0 Å². The lowest BCUT2D eigenvalue weighted by Crippen LogP contribution is -2.18. The predicted octanol–water partition coefficient (Wildman–Crippen LogP) is 2.97. The van der Waals surface area contributed by atoms with Crippen molar-refractivity contribution in [3.63, 3.8) is 0 Å². The molecule has 0 saturated heterocycles. The van der Waals surface area contributed by atoms with E-state index in [4.69, 9.17) is 0 Å². The van der Waals surface area contributed by atoms with Gasteiger partial charge in [-0.25, -0.2) is 8.42 Å². The summed E-state index contributed by atoms with van der Waals surface area (Å²) in [7, 11) is -3.00. The average Bonchev–Trinajstić information content (AvgIpc) is 2.27. The van der Waals surface area contributed by atoms with E-state index in [-0.39, 0.29) is 5.25 Å². The standard InChI is InChI=1S/C13H14BrNO2S/c1-9(18(2,16)17)6-10-7-11-4-3-5-15-13(11)12(14)8-10/h3-5,7-9H,6H2,1-2H3. The maximum Gasteiger partial charge on any atom is 0.150 e. The molecule has 0 fully saturated rings. The monoisotopic (exact) mass is 327 g/mol. The molecule has 96 valence electrons. The van der Waals surface area contributed by atoms with E-state index < -0.39 is 9.84 Å². The Bertz CT molecular complexity index is 682. The second kappa shape index (κ2) is 4.97. The van der Waals surface area contributed by atoms with Gasteiger partial charge in [-0.2, -0.15) is 0 Å². The lowest BCUT2D eigenvalue weighted by Gasteiger charge is -2.10. The van der Waals surface area contributed by atoms with E-state index >= 15 is 0 Å². The van der Waals surface area contributed by atoms with E-state index in [0.717, 1.165) is 20.9 Å². The Hall–Kier alpha value is -0.940. The number of fused-ring (bicyclic) bond motifs is 1. The number of sulfone groups is 1. The Labute approximate surface area is 115 Å². The van der Waals surface area contributed by atoms with Crippen LogP contribution in [0.3, 0.4) is 0 Å². The first-order chi connectivity index (χ1) is 8.38. The number of hydrogen-bond acceptors (Lipinski definition) is 3. The summed E-state index contributed by atoms with van der Waals surface area (Å²) in [5.74, 6) is 0. The topological polar surface area (TPSA) is 47.0 Å². The van der Waals surface area contributed by atoms with Crippen LogP contribution in [0.25, 0.3) is 10.9 Å². The molecule has 2 aromatic rings. The molecule has 1 aromatic heterocycles. The molecule has 0 aliphatic rings. The molecule has 5 heteroatoms. The number of hydrogen-bond donors (Lipinski definition) is 0. The van der Waals surface area contributed by atoms with Crippen LogP contribution in [0.2, 0.25) is 0 Å². The lowest BCUT2D eigenvalue weighted by molar-refractivity contribution is 0.588. The van der Waals surface area contributed by atoms with Gasteiger partial charge in [-0.3, -0.25) is 4.98 Å². The molecule has 0 radical (unpaired) electrons. The fourth-order valence-corrected chi connectivity index (χ4v) is 2.93. The van der Waals surface area contributed by atoms with Gasteiger partial charge in [0, 0.05) is 22.3 Å². The maximum absolute atomic E-state index is 11.5. The van der Waals surface area contributed by atoms with Crippen LogP contribution in [-0.4, -0.2) is 24.9 Å². The normalized spacial score (nSPS) is 13.7. The molecule has 0 spiro atoms. The van der Waals surface area contributed by atoms with Gasteiger partial charge in [0.05, 0.1) is 10.8 Å². The van der Waals surface area contributed by atoms with E-state index in [9.17, 15) is 8.42 Å². The van der Waals surface area contributed by atoms with Crippen molar-refractivity contribution < 1.29 is 8.42 Å². The molecule has 2 rings (SSSR count). The zero-order chi connectivity index (χ0) is 13.3.